The fourth-order valence-electron chi connectivity index (χ4n) is 6.55. The number of alkyl halides is 18. The van der Waals surface area contributed by atoms with Crippen LogP contribution in [0.3, 0.4) is 0 Å². The fourth-order valence-corrected chi connectivity index (χ4v) is 6.55. The van der Waals surface area contributed by atoms with E-state index in [9.17, 15) is 98.8 Å². The van der Waals surface area contributed by atoms with Gasteiger partial charge in [-0.1, -0.05) is 52.0 Å². The normalized spacial score (nSPS) is 13.8. The molecule has 0 heterocycles. The monoisotopic (exact) mass is 1000 g/mol. The lowest BCUT2D eigenvalue weighted by molar-refractivity contribution is -0.158. The SMILES string of the molecule is CC(C)C[C@@H](C(=O)O)c1cc(-c2ccc(C(F)(F)F)cc2)c(OCC(F)(F)F)c(C(F)(F)F)c1.CC(C)C[C@H](C(=O)O)c1cc(-c2ccc(C(F)(F)F)cc2)c(OCC(F)(F)F)c(C(F)(F)F)c1. The average Bonchev–Trinajstić information content (AvgIpc) is 3.18. The molecule has 4 rings (SSSR count). The van der Waals surface area contributed by atoms with Crippen molar-refractivity contribution in [2.75, 3.05) is 13.2 Å². The average molecular weight is 1000 g/mol. The van der Waals surface area contributed by atoms with Gasteiger partial charge in [0.15, 0.2) is 13.2 Å². The first-order valence-corrected chi connectivity index (χ1v) is 19.5. The van der Waals surface area contributed by atoms with E-state index in [-0.39, 0.29) is 46.9 Å². The number of carboxylic acid groups (broad SMARTS) is 2. The number of halogens is 18. The van der Waals surface area contributed by atoms with Gasteiger partial charge in [-0.15, -0.1) is 0 Å². The first-order valence-electron chi connectivity index (χ1n) is 19.5. The highest BCUT2D eigenvalue weighted by Gasteiger charge is 2.42. The molecule has 0 aromatic heterocycles. The Kier molecular flexibility index (Phi) is 17.6. The van der Waals surface area contributed by atoms with E-state index in [4.69, 9.17) is 0 Å². The zero-order valence-corrected chi connectivity index (χ0v) is 35.4. The van der Waals surface area contributed by atoms with E-state index in [2.05, 4.69) is 9.47 Å². The lowest BCUT2D eigenvalue weighted by Gasteiger charge is -2.23. The van der Waals surface area contributed by atoms with E-state index < -0.39 is 119 Å². The van der Waals surface area contributed by atoms with Crippen molar-refractivity contribution < 1.29 is 108 Å². The number of carbonyl (C=O) groups is 2. The molecule has 0 fully saturated rings. The summed E-state index contributed by atoms with van der Waals surface area (Å²) < 4.78 is 246. The highest BCUT2D eigenvalue weighted by molar-refractivity contribution is 5.81. The highest BCUT2D eigenvalue weighted by Crippen LogP contribution is 2.48. The largest absolute Gasteiger partial charge is 0.483 e. The second-order valence-corrected chi connectivity index (χ2v) is 15.9. The molecule has 376 valence electrons. The summed E-state index contributed by atoms with van der Waals surface area (Å²) in [5.74, 6) is -8.91. The third-order valence-electron chi connectivity index (χ3n) is 9.46. The minimum atomic E-state index is -5.25. The van der Waals surface area contributed by atoms with Crippen LogP contribution in [-0.2, 0) is 34.3 Å². The van der Waals surface area contributed by atoms with Crippen molar-refractivity contribution in [3.05, 3.63) is 106 Å². The van der Waals surface area contributed by atoms with Gasteiger partial charge in [-0.25, -0.2) is 0 Å². The summed E-state index contributed by atoms with van der Waals surface area (Å²) in [6, 6.07) is 7.92. The zero-order chi connectivity index (χ0) is 52.1. The number of hydrogen-bond acceptors (Lipinski definition) is 4. The molecule has 0 bridgehead atoms. The lowest BCUT2D eigenvalue weighted by atomic mass is 9.86. The Morgan fingerprint density at radius 2 is 0.735 bits per heavy atom. The van der Waals surface area contributed by atoms with Crippen LogP contribution in [0.4, 0.5) is 79.0 Å². The molecule has 0 aliphatic carbocycles. The van der Waals surface area contributed by atoms with Crippen molar-refractivity contribution in [3.8, 4) is 33.8 Å². The fraction of sp³-hybridized carbons (Fsp3) is 0.409. The molecule has 4 aromatic rings. The molecule has 2 atom stereocenters. The Morgan fingerprint density at radius 1 is 0.456 bits per heavy atom. The summed E-state index contributed by atoms with van der Waals surface area (Å²) in [5.41, 5.74) is -8.20. The Hall–Kier alpha value is -5.84. The molecule has 0 unspecified atom stereocenters. The number of aliphatic carboxylic acids is 2. The maximum atomic E-state index is 13.8. The second kappa shape index (κ2) is 21.2. The van der Waals surface area contributed by atoms with Crippen molar-refractivity contribution in [1.29, 1.82) is 0 Å². The predicted octanol–water partition coefficient (Wildman–Crippen LogP) is 15.1. The predicted molar refractivity (Wildman–Crippen MR) is 207 cm³/mol. The van der Waals surface area contributed by atoms with Gasteiger partial charge in [-0.05, 0) is 95.5 Å². The molecule has 0 amide bonds. The van der Waals surface area contributed by atoms with Crippen LogP contribution in [0.15, 0.2) is 72.8 Å². The van der Waals surface area contributed by atoms with Gasteiger partial charge in [-0.3, -0.25) is 9.59 Å². The first kappa shape index (κ1) is 56.5. The molecule has 4 aromatic carbocycles. The molecular weight excluding hydrogens is 966 g/mol. The molecular formula is C44H38F18O6. The van der Waals surface area contributed by atoms with Gasteiger partial charge in [-0.2, -0.15) is 79.0 Å². The summed E-state index contributed by atoms with van der Waals surface area (Å²) in [4.78, 5) is 23.5. The van der Waals surface area contributed by atoms with Gasteiger partial charge in [0.2, 0.25) is 0 Å². The number of hydrogen-bond donors (Lipinski definition) is 2. The molecule has 0 radical (unpaired) electrons. The van der Waals surface area contributed by atoms with E-state index in [1.165, 1.54) is 0 Å². The molecule has 0 saturated carbocycles. The third-order valence-corrected chi connectivity index (χ3v) is 9.46. The molecule has 24 heteroatoms. The minimum absolute atomic E-state index is 0.0954. The van der Waals surface area contributed by atoms with Crippen molar-refractivity contribution in [1.82, 2.24) is 0 Å². The van der Waals surface area contributed by atoms with Crippen LogP contribution in [0, 0.1) is 11.8 Å². The van der Waals surface area contributed by atoms with Gasteiger partial charge in [0.25, 0.3) is 0 Å². The van der Waals surface area contributed by atoms with Crippen molar-refractivity contribution >= 4 is 11.9 Å². The highest BCUT2D eigenvalue weighted by atomic mass is 19.4. The molecule has 0 aliphatic heterocycles. The van der Waals surface area contributed by atoms with Crippen LogP contribution in [0.2, 0.25) is 0 Å². The number of carboxylic acids is 2. The molecule has 68 heavy (non-hydrogen) atoms. The smallest absolute Gasteiger partial charge is 0.422 e. The quantitative estimate of drug-likeness (QED) is 0.122. The summed E-state index contributed by atoms with van der Waals surface area (Å²) in [7, 11) is 0. The van der Waals surface area contributed by atoms with E-state index in [0.29, 0.717) is 36.4 Å². The van der Waals surface area contributed by atoms with Crippen LogP contribution in [0.1, 0.15) is 85.8 Å². The lowest BCUT2D eigenvalue weighted by Crippen LogP contribution is -2.22. The zero-order valence-electron chi connectivity index (χ0n) is 35.4. The topological polar surface area (TPSA) is 93.1 Å². The molecule has 2 N–H and O–H groups in total. The van der Waals surface area contributed by atoms with E-state index >= 15 is 0 Å². The standard InChI is InChI=1S/2C22H19F9O3/c2*1-11(2)7-16(19(32)33)13-8-15(12-3-5-14(6-4-12)21(26,27)28)18(34-10-20(23,24)25)17(9-13)22(29,30)31/h2*3-6,8-9,11,16H,7,10H2,1-2H3,(H,32,33)/t2*16-/m10/s1. The Balaban J connectivity index is 0.000000360. The maximum Gasteiger partial charge on any atom is 0.422 e. The molecule has 0 spiro atoms. The van der Waals surface area contributed by atoms with E-state index in [0.717, 1.165) is 36.4 Å². The number of rotatable bonds is 14. The van der Waals surface area contributed by atoms with Crippen LogP contribution in [0.5, 0.6) is 11.5 Å². The molecule has 0 saturated heterocycles. The molecule has 0 aliphatic rings. The molecule has 6 nitrogen and oxygen atoms in total. The van der Waals surface area contributed by atoms with E-state index in [1.807, 2.05) is 0 Å². The Morgan fingerprint density at radius 3 is 0.941 bits per heavy atom. The van der Waals surface area contributed by atoms with Crippen LogP contribution >= 0.6 is 0 Å². The third kappa shape index (κ3) is 16.2. The van der Waals surface area contributed by atoms with Gasteiger partial charge in [0.1, 0.15) is 11.5 Å². The Labute approximate surface area is 374 Å². The van der Waals surface area contributed by atoms with Crippen LogP contribution < -0.4 is 9.47 Å². The van der Waals surface area contributed by atoms with Crippen molar-refractivity contribution in [3.63, 3.8) is 0 Å². The van der Waals surface area contributed by atoms with Crippen LogP contribution in [0.25, 0.3) is 22.3 Å². The van der Waals surface area contributed by atoms with Gasteiger partial charge >= 0.3 is 49.0 Å². The van der Waals surface area contributed by atoms with Crippen molar-refractivity contribution in [2.24, 2.45) is 11.8 Å². The summed E-state index contributed by atoms with van der Waals surface area (Å²) in [6.07, 6.45) is -30.3. The maximum absolute atomic E-state index is 13.8. The minimum Gasteiger partial charge on any atom is -0.483 e. The van der Waals surface area contributed by atoms with E-state index in [1.54, 1.807) is 27.7 Å². The van der Waals surface area contributed by atoms with Gasteiger partial charge in [0, 0.05) is 11.1 Å². The van der Waals surface area contributed by atoms with Gasteiger partial charge in [0.05, 0.1) is 34.1 Å². The summed E-state index contributed by atoms with van der Waals surface area (Å²) in [6.45, 7) is 2.29. The summed E-state index contributed by atoms with van der Waals surface area (Å²) in [5, 5.41) is 19.1. The van der Waals surface area contributed by atoms with Gasteiger partial charge < -0.3 is 19.7 Å². The summed E-state index contributed by atoms with van der Waals surface area (Å²) >= 11 is 0. The first-order chi connectivity index (χ1) is 30.8. The van der Waals surface area contributed by atoms with Crippen molar-refractivity contribution in [2.45, 2.75) is 89.4 Å². The number of ether oxygens (including phenoxy) is 2. The number of benzene rings is 4. The Bertz CT molecular complexity index is 2170. The second-order valence-electron chi connectivity index (χ2n) is 15.9. The van der Waals surface area contributed by atoms with Crippen LogP contribution in [-0.4, -0.2) is 47.7 Å².